The number of benzene rings is 10. The van der Waals surface area contributed by atoms with Crippen molar-refractivity contribution in [1.82, 2.24) is 0 Å². The summed E-state index contributed by atoms with van der Waals surface area (Å²) in [6, 6.07) is 75.9. The molecule has 0 saturated carbocycles. The van der Waals surface area contributed by atoms with E-state index in [0.29, 0.717) is 0 Å². The molecule has 0 bridgehead atoms. The minimum Gasteiger partial charge on any atom is -0.310 e. The van der Waals surface area contributed by atoms with Crippen LogP contribution in [0.1, 0.15) is 74.9 Å². The summed E-state index contributed by atoms with van der Waals surface area (Å²) < 4.78 is 0. The van der Waals surface area contributed by atoms with Gasteiger partial charge in [-0.15, -0.1) is 0 Å². The van der Waals surface area contributed by atoms with Gasteiger partial charge in [0.05, 0.1) is 11.1 Å². The van der Waals surface area contributed by atoms with Crippen molar-refractivity contribution in [3.63, 3.8) is 0 Å². The maximum absolute atomic E-state index is 2.55. The van der Waals surface area contributed by atoms with E-state index < -0.39 is 5.41 Å². The largest absolute Gasteiger partial charge is 0.310 e. The van der Waals surface area contributed by atoms with Gasteiger partial charge in [-0.1, -0.05) is 211 Å². The number of hydrogen-bond acceptors (Lipinski definition) is 1. The molecule has 0 radical (unpaired) electrons. The fourth-order valence-corrected chi connectivity index (χ4v) is 11.2. The molecular formula is C63H51N. The summed E-state index contributed by atoms with van der Waals surface area (Å²) in [4.78, 5) is 2.52. The Morgan fingerprint density at radius 1 is 0.312 bits per heavy atom. The van der Waals surface area contributed by atoms with Crippen molar-refractivity contribution in [2.45, 2.75) is 57.8 Å². The van der Waals surface area contributed by atoms with Gasteiger partial charge in [-0.3, -0.25) is 0 Å². The summed E-state index contributed by atoms with van der Waals surface area (Å²) in [6.45, 7) is 14.0. The molecular weight excluding hydrogens is 771 g/mol. The van der Waals surface area contributed by atoms with Crippen molar-refractivity contribution in [1.29, 1.82) is 0 Å². The van der Waals surface area contributed by atoms with Crippen molar-refractivity contribution in [2.75, 3.05) is 4.90 Å². The molecule has 64 heavy (non-hydrogen) atoms. The predicted octanol–water partition coefficient (Wildman–Crippen LogP) is 17.2. The van der Waals surface area contributed by atoms with Gasteiger partial charge in [0.1, 0.15) is 0 Å². The van der Waals surface area contributed by atoms with Crippen LogP contribution in [-0.4, -0.2) is 0 Å². The molecule has 1 spiro atoms. The van der Waals surface area contributed by atoms with E-state index in [0.717, 1.165) is 17.1 Å². The third kappa shape index (κ3) is 5.56. The van der Waals surface area contributed by atoms with Crippen molar-refractivity contribution in [3.05, 3.63) is 234 Å². The molecule has 308 valence electrons. The van der Waals surface area contributed by atoms with Crippen LogP contribution in [0, 0.1) is 0 Å². The Bertz CT molecular complexity index is 3420. The second kappa shape index (κ2) is 13.9. The first-order valence-corrected chi connectivity index (χ1v) is 22.8. The Morgan fingerprint density at radius 3 is 1.33 bits per heavy atom. The Balaban J connectivity index is 1.18. The first-order valence-electron chi connectivity index (χ1n) is 22.8. The SMILES string of the molecule is CC(C)(C)c1ccc2c(c1)C1(c3ccccc3-c3ccc(N(c4ccc5c6ccccc6c6ccccc6c5c4)c4ccccc4-c4ccccc4)cc31)c1cc(C(C)(C)C)ccc1-2. The lowest BCUT2D eigenvalue weighted by molar-refractivity contribution is 0.586. The fourth-order valence-electron chi connectivity index (χ4n) is 11.2. The second-order valence-electron chi connectivity index (χ2n) is 20.1. The van der Waals surface area contributed by atoms with Gasteiger partial charge in [-0.05, 0) is 135 Å². The lowest BCUT2D eigenvalue weighted by Crippen LogP contribution is -2.27. The van der Waals surface area contributed by atoms with E-state index in [1.807, 2.05) is 0 Å². The number of nitrogens with zero attached hydrogens (tertiary/aromatic N) is 1. The minimum absolute atomic E-state index is 0.0199. The standard InChI is InChI=1S/C63H51N/c1-61(2,3)41-28-32-52-53-33-29-42(62(4,5)6)37-58(53)63(57(52)36-41)56-26-16-14-25-51(56)54-35-31-44(39-59(54)63)64(60-27-17-15-20-45(60)40-18-8-7-9-19-40)43-30-34-50-48-23-11-10-21-46(48)47-22-12-13-24-49(47)55(50)38-43/h7-39H,1-6H3. The molecule has 0 heterocycles. The Morgan fingerprint density at radius 2 is 0.734 bits per heavy atom. The molecule has 10 aromatic carbocycles. The van der Waals surface area contributed by atoms with Crippen LogP contribution in [0.15, 0.2) is 200 Å². The van der Waals surface area contributed by atoms with Gasteiger partial charge < -0.3 is 4.90 Å². The van der Waals surface area contributed by atoms with Crippen LogP contribution in [-0.2, 0) is 16.2 Å². The van der Waals surface area contributed by atoms with Crippen LogP contribution in [0.25, 0.3) is 65.7 Å². The summed E-state index contributed by atoms with van der Waals surface area (Å²) in [6.07, 6.45) is 0. The van der Waals surface area contributed by atoms with E-state index in [2.05, 4.69) is 247 Å². The van der Waals surface area contributed by atoms with Gasteiger partial charge in [-0.2, -0.15) is 0 Å². The highest BCUT2D eigenvalue weighted by atomic mass is 15.1. The van der Waals surface area contributed by atoms with Gasteiger partial charge in [0, 0.05) is 16.9 Å². The second-order valence-corrected chi connectivity index (χ2v) is 20.1. The normalized spacial score (nSPS) is 13.6. The van der Waals surface area contributed by atoms with Gasteiger partial charge in [-0.25, -0.2) is 0 Å². The van der Waals surface area contributed by atoms with Crippen LogP contribution in [0.3, 0.4) is 0 Å². The van der Waals surface area contributed by atoms with E-state index >= 15 is 0 Å². The van der Waals surface area contributed by atoms with Gasteiger partial charge in [0.25, 0.3) is 0 Å². The Kier molecular flexibility index (Phi) is 8.35. The molecule has 10 aromatic rings. The zero-order valence-corrected chi connectivity index (χ0v) is 37.5. The van der Waals surface area contributed by atoms with Crippen molar-refractivity contribution in [2.24, 2.45) is 0 Å². The molecule has 0 aromatic heterocycles. The van der Waals surface area contributed by atoms with Crippen LogP contribution in [0.5, 0.6) is 0 Å². The van der Waals surface area contributed by atoms with Crippen LogP contribution in [0.2, 0.25) is 0 Å². The first kappa shape index (κ1) is 38.5. The average Bonchev–Trinajstić information content (AvgIpc) is 3.78. The van der Waals surface area contributed by atoms with Crippen molar-refractivity contribution >= 4 is 49.4 Å². The summed E-state index contributed by atoms with van der Waals surface area (Å²) in [5.41, 5.74) is 18.6. The highest BCUT2D eigenvalue weighted by Gasteiger charge is 2.52. The molecule has 0 N–H and O–H groups in total. The Labute approximate surface area is 377 Å². The third-order valence-corrected chi connectivity index (χ3v) is 14.4. The molecule has 2 aliphatic carbocycles. The van der Waals surface area contributed by atoms with Crippen LogP contribution in [0.4, 0.5) is 17.1 Å². The molecule has 1 heteroatoms. The molecule has 2 aliphatic rings. The maximum atomic E-state index is 2.55. The van der Waals surface area contributed by atoms with Crippen LogP contribution >= 0.6 is 0 Å². The molecule has 0 aliphatic heterocycles. The lowest BCUT2D eigenvalue weighted by atomic mass is 9.68. The molecule has 12 rings (SSSR count). The third-order valence-electron chi connectivity index (χ3n) is 14.4. The molecule has 0 unspecified atom stereocenters. The quantitative estimate of drug-likeness (QED) is 0.160. The average molecular weight is 822 g/mol. The summed E-state index contributed by atoms with van der Waals surface area (Å²) >= 11 is 0. The zero-order valence-electron chi connectivity index (χ0n) is 37.5. The number of hydrogen-bond donors (Lipinski definition) is 0. The van der Waals surface area contributed by atoms with E-state index in [-0.39, 0.29) is 10.8 Å². The number of rotatable bonds is 4. The van der Waals surface area contributed by atoms with Gasteiger partial charge >= 0.3 is 0 Å². The smallest absolute Gasteiger partial charge is 0.0726 e. The Hall–Kier alpha value is -7.22. The number of para-hydroxylation sites is 1. The van der Waals surface area contributed by atoms with Crippen LogP contribution < -0.4 is 4.90 Å². The molecule has 0 saturated heterocycles. The number of anilines is 3. The monoisotopic (exact) mass is 821 g/mol. The van der Waals surface area contributed by atoms with Crippen molar-refractivity contribution < 1.29 is 0 Å². The first-order chi connectivity index (χ1) is 31.0. The highest BCUT2D eigenvalue weighted by Crippen LogP contribution is 2.64. The van der Waals surface area contributed by atoms with E-state index in [1.54, 1.807) is 0 Å². The molecule has 1 nitrogen and oxygen atoms in total. The topological polar surface area (TPSA) is 3.24 Å². The van der Waals surface area contributed by atoms with Gasteiger partial charge in [0.15, 0.2) is 0 Å². The highest BCUT2D eigenvalue weighted by molar-refractivity contribution is 6.26. The number of fused-ring (bicyclic) bond motifs is 16. The maximum Gasteiger partial charge on any atom is 0.0726 e. The van der Waals surface area contributed by atoms with E-state index in [9.17, 15) is 0 Å². The summed E-state index contributed by atoms with van der Waals surface area (Å²) in [5, 5.41) is 7.62. The van der Waals surface area contributed by atoms with Crippen molar-refractivity contribution in [3.8, 4) is 33.4 Å². The summed E-state index contributed by atoms with van der Waals surface area (Å²) in [7, 11) is 0. The lowest BCUT2D eigenvalue weighted by Gasteiger charge is -2.34. The minimum atomic E-state index is -0.516. The molecule has 0 amide bonds. The fraction of sp³-hybridized carbons (Fsp3) is 0.143. The van der Waals surface area contributed by atoms with E-state index in [1.165, 1.54) is 99.1 Å². The zero-order chi connectivity index (χ0) is 43.5. The van der Waals surface area contributed by atoms with Gasteiger partial charge in [0.2, 0.25) is 0 Å². The summed E-state index contributed by atoms with van der Waals surface area (Å²) in [5.74, 6) is 0. The molecule has 0 fully saturated rings. The van der Waals surface area contributed by atoms with E-state index in [4.69, 9.17) is 0 Å². The molecule has 0 atom stereocenters. The predicted molar refractivity (Wildman–Crippen MR) is 273 cm³/mol.